The summed E-state index contributed by atoms with van der Waals surface area (Å²) in [7, 11) is 1.47. The molecule has 1 saturated carbocycles. The molecule has 0 N–H and O–H groups in total. The Morgan fingerprint density at radius 3 is 2.49 bits per heavy atom. The molecule has 1 fully saturated rings. The minimum absolute atomic E-state index is 0.00727. The molecule has 41 heavy (non-hydrogen) atoms. The zero-order chi connectivity index (χ0) is 29.4. The Morgan fingerprint density at radius 2 is 1.78 bits per heavy atom. The molecule has 0 aliphatic heterocycles. The molecule has 10 heteroatoms. The molecule has 1 heterocycles. The quantitative estimate of drug-likeness (QED) is 0.251. The summed E-state index contributed by atoms with van der Waals surface area (Å²) in [5, 5.41) is 0.661. The van der Waals surface area contributed by atoms with Crippen LogP contribution in [-0.2, 0) is 28.8 Å². The number of amides is 2. The molecule has 1 aliphatic carbocycles. The van der Waals surface area contributed by atoms with Gasteiger partial charge in [0.15, 0.2) is 0 Å². The van der Waals surface area contributed by atoms with Crippen LogP contribution < -0.4 is 0 Å². The van der Waals surface area contributed by atoms with Gasteiger partial charge in [0.1, 0.15) is 6.54 Å². The molecule has 0 saturated heterocycles. The van der Waals surface area contributed by atoms with Gasteiger partial charge in [0.2, 0.25) is 5.91 Å². The summed E-state index contributed by atoms with van der Waals surface area (Å²) in [5.74, 6) is -0.897. The Bertz CT molecular complexity index is 1320. The lowest BCUT2D eigenvalue weighted by molar-refractivity contribution is -0.138. The minimum atomic E-state index is -4.58. The van der Waals surface area contributed by atoms with Crippen molar-refractivity contribution in [2.75, 3.05) is 26.8 Å². The third-order valence-corrected chi connectivity index (χ3v) is 7.87. The van der Waals surface area contributed by atoms with Crippen LogP contribution in [-0.4, -0.2) is 59.0 Å². The number of carbonyl (C=O) groups excluding carboxylic acids is 2. The lowest BCUT2D eigenvalue weighted by Crippen LogP contribution is -2.48. The third kappa shape index (κ3) is 8.14. The molecule has 0 unspecified atom stereocenters. The fourth-order valence-electron chi connectivity index (χ4n) is 5.26. The van der Waals surface area contributed by atoms with Gasteiger partial charge in [-0.05, 0) is 54.8 Å². The summed E-state index contributed by atoms with van der Waals surface area (Å²) in [6.07, 6.45) is 2.20. The van der Waals surface area contributed by atoms with Crippen LogP contribution in [0, 0.1) is 0 Å². The highest BCUT2D eigenvalue weighted by Crippen LogP contribution is 2.30. The number of halogens is 4. The van der Waals surface area contributed by atoms with Crippen LogP contribution >= 0.6 is 11.6 Å². The van der Waals surface area contributed by atoms with Gasteiger partial charge in [0.05, 0.1) is 18.7 Å². The van der Waals surface area contributed by atoms with Gasteiger partial charge in [-0.1, -0.05) is 55.1 Å². The number of hydrogen-bond acceptors (Lipinski definition) is 3. The van der Waals surface area contributed by atoms with Crippen molar-refractivity contribution in [2.24, 2.45) is 0 Å². The summed E-state index contributed by atoms with van der Waals surface area (Å²) in [6, 6.07) is 15.8. The molecular weight excluding hydrogens is 555 g/mol. The van der Waals surface area contributed by atoms with E-state index in [0.29, 0.717) is 18.1 Å². The van der Waals surface area contributed by atoms with Crippen LogP contribution in [0.3, 0.4) is 0 Å². The first-order valence-electron chi connectivity index (χ1n) is 13.8. The fraction of sp³-hybridized carbons (Fsp3) is 0.419. The Morgan fingerprint density at radius 1 is 1.02 bits per heavy atom. The average molecular weight is 590 g/mol. The van der Waals surface area contributed by atoms with Gasteiger partial charge in [0.25, 0.3) is 5.91 Å². The standard InChI is InChI=1S/C31H35ClF3N3O3/c1-41-18-17-37(30(40)23-10-7-11-25(19-23)31(33,34)35)22-29(39)38(26-12-3-2-4-13-26)21-27-14-8-16-36(27)20-24-9-5-6-15-28(24)32/h5-11,14-16,19,26H,2-4,12-13,17-18,20-22H2,1H3. The smallest absolute Gasteiger partial charge is 0.383 e. The van der Waals surface area contributed by atoms with Crippen molar-refractivity contribution in [3.8, 4) is 0 Å². The van der Waals surface area contributed by atoms with E-state index >= 15 is 0 Å². The molecule has 3 aromatic rings. The van der Waals surface area contributed by atoms with Gasteiger partial charge in [-0.3, -0.25) is 9.59 Å². The predicted octanol–water partition coefficient (Wildman–Crippen LogP) is 6.66. The number of hydrogen-bond donors (Lipinski definition) is 0. The molecule has 2 amide bonds. The van der Waals surface area contributed by atoms with Gasteiger partial charge in [-0.15, -0.1) is 0 Å². The van der Waals surface area contributed by atoms with Crippen LogP contribution in [0.25, 0.3) is 0 Å². The van der Waals surface area contributed by atoms with E-state index in [1.807, 2.05) is 47.5 Å². The zero-order valence-corrected chi connectivity index (χ0v) is 23.8. The third-order valence-electron chi connectivity index (χ3n) is 7.51. The average Bonchev–Trinajstić information content (AvgIpc) is 3.41. The SMILES string of the molecule is COCCN(CC(=O)N(Cc1cccn1Cc1ccccc1Cl)C1CCCCC1)C(=O)c1cccc(C(F)(F)F)c1. The van der Waals surface area contributed by atoms with E-state index in [2.05, 4.69) is 4.57 Å². The first-order chi connectivity index (χ1) is 19.7. The van der Waals surface area contributed by atoms with Gasteiger partial charge in [-0.2, -0.15) is 13.2 Å². The maximum absolute atomic E-state index is 13.9. The minimum Gasteiger partial charge on any atom is -0.383 e. The Hall–Kier alpha value is -3.30. The Kier molecular flexibility index (Phi) is 10.5. The number of aromatic nitrogens is 1. The molecule has 0 atom stereocenters. The zero-order valence-electron chi connectivity index (χ0n) is 23.1. The molecule has 220 valence electrons. The number of nitrogens with zero attached hydrogens (tertiary/aromatic N) is 3. The normalized spacial score (nSPS) is 14.2. The van der Waals surface area contributed by atoms with Crippen LogP contribution in [0.2, 0.25) is 5.02 Å². The van der Waals surface area contributed by atoms with Crippen LogP contribution in [0.5, 0.6) is 0 Å². The maximum Gasteiger partial charge on any atom is 0.416 e. The largest absolute Gasteiger partial charge is 0.416 e. The highest BCUT2D eigenvalue weighted by atomic mass is 35.5. The van der Waals surface area contributed by atoms with Crippen LogP contribution in [0.4, 0.5) is 13.2 Å². The van der Waals surface area contributed by atoms with E-state index < -0.39 is 17.6 Å². The van der Waals surface area contributed by atoms with Gasteiger partial charge < -0.3 is 19.1 Å². The number of alkyl halides is 3. The molecule has 1 aliphatic rings. The van der Waals surface area contributed by atoms with Crippen molar-refractivity contribution in [3.05, 3.63) is 94.3 Å². The van der Waals surface area contributed by atoms with E-state index in [1.165, 1.54) is 24.1 Å². The summed E-state index contributed by atoms with van der Waals surface area (Å²) in [6.45, 7) is 0.834. The van der Waals surface area contributed by atoms with Crippen molar-refractivity contribution in [1.29, 1.82) is 0 Å². The van der Waals surface area contributed by atoms with Crippen LogP contribution in [0.15, 0.2) is 66.9 Å². The molecule has 6 nitrogen and oxygen atoms in total. The highest BCUT2D eigenvalue weighted by Gasteiger charge is 2.32. The maximum atomic E-state index is 13.9. The van der Waals surface area contributed by atoms with E-state index in [0.717, 1.165) is 55.5 Å². The van der Waals surface area contributed by atoms with Gasteiger partial charge in [-0.25, -0.2) is 0 Å². The predicted molar refractivity (Wildman–Crippen MR) is 152 cm³/mol. The lowest BCUT2D eigenvalue weighted by atomic mass is 9.94. The second kappa shape index (κ2) is 14.0. The second-order valence-corrected chi connectivity index (χ2v) is 10.7. The molecule has 0 radical (unpaired) electrons. The first-order valence-corrected chi connectivity index (χ1v) is 14.2. The number of methoxy groups -OCH3 is 1. The number of ether oxygens (including phenoxy) is 1. The summed E-state index contributed by atoms with van der Waals surface area (Å²) >= 11 is 6.40. The number of carbonyl (C=O) groups is 2. The molecule has 0 spiro atoms. The molecular formula is C31H35ClF3N3O3. The Labute approximate surface area is 243 Å². The van der Waals surface area contributed by atoms with E-state index in [9.17, 15) is 22.8 Å². The highest BCUT2D eigenvalue weighted by molar-refractivity contribution is 6.31. The van der Waals surface area contributed by atoms with Crippen molar-refractivity contribution < 1.29 is 27.5 Å². The van der Waals surface area contributed by atoms with Crippen LogP contribution in [0.1, 0.15) is 59.3 Å². The van der Waals surface area contributed by atoms with Crippen molar-refractivity contribution in [2.45, 2.75) is 57.4 Å². The number of benzene rings is 2. The lowest BCUT2D eigenvalue weighted by Gasteiger charge is -2.36. The number of rotatable bonds is 11. The summed E-state index contributed by atoms with van der Waals surface area (Å²) < 4.78 is 47.1. The van der Waals surface area contributed by atoms with Crippen molar-refractivity contribution in [1.82, 2.24) is 14.4 Å². The summed E-state index contributed by atoms with van der Waals surface area (Å²) in [5.41, 5.74) is 0.849. The van der Waals surface area contributed by atoms with E-state index in [4.69, 9.17) is 16.3 Å². The van der Waals surface area contributed by atoms with Crippen molar-refractivity contribution >= 4 is 23.4 Å². The monoisotopic (exact) mass is 589 g/mol. The van der Waals surface area contributed by atoms with Gasteiger partial charge in [0, 0.05) is 48.7 Å². The topological polar surface area (TPSA) is 54.8 Å². The second-order valence-electron chi connectivity index (χ2n) is 10.3. The van der Waals surface area contributed by atoms with E-state index in [-0.39, 0.29) is 37.2 Å². The Balaban J connectivity index is 1.57. The fourth-order valence-corrected chi connectivity index (χ4v) is 5.46. The molecule has 1 aromatic heterocycles. The molecule has 2 aromatic carbocycles. The molecule has 0 bridgehead atoms. The first kappa shape index (κ1) is 30.7. The van der Waals surface area contributed by atoms with Crippen molar-refractivity contribution in [3.63, 3.8) is 0 Å². The summed E-state index contributed by atoms with van der Waals surface area (Å²) in [4.78, 5) is 30.4. The van der Waals surface area contributed by atoms with E-state index in [1.54, 1.807) is 0 Å². The van der Waals surface area contributed by atoms with Gasteiger partial charge >= 0.3 is 6.18 Å². The molecule has 4 rings (SSSR count).